The van der Waals surface area contributed by atoms with Crippen LogP contribution in [0.2, 0.25) is 0 Å². The Bertz CT molecular complexity index is 451. The average molecular weight is 469 g/mol. The van der Waals surface area contributed by atoms with E-state index < -0.39 is 14.2 Å². The Morgan fingerprint density at radius 1 is 0.548 bits per heavy atom. The fraction of sp³-hybridized carbons (Fsp3) is 1.00. The summed E-state index contributed by atoms with van der Waals surface area (Å²) in [6, 6.07) is 0. The normalized spacial score (nSPS) is 11.9. The highest BCUT2D eigenvalue weighted by Gasteiger charge is 2.39. The molecule has 0 aliphatic heterocycles. The van der Waals surface area contributed by atoms with Crippen LogP contribution in [-0.4, -0.2) is 59.9 Å². The first-order valence-corrected chi connectivity index (χ1v) is 14.4. The highest BCUT2D eigenvalue weighted by molar-refractivity contribution is 7.80. The van der Waals surface area contributed by atoms with Gasteiger partial charge in [0.05, 0.1) is 19.8 Å². The van der Waals surface area contributed by atoms with E-state index in [2.05, 4.69) is 6.92 Å². The van der Waals surface area contributed by atoms with Gasteiger partial charge in [0.2, 0.25) is 0 Å². The van der Waals surface area contributed by atoms with Gasteiger partial charge in [0.1, 0.15) is 13.1 Å². The van der Waals surface area contributed by atoms with Gasteiger partial charge in [-0.05, 0) is 12.8 Å². The van der Waals surface area contributed by atoms with Crippen LogP contribution in [0.25, 0.3) is 0 Å². The lowest BCUT2D eigenvalue weighted by Gasteiger charge is -2.32. The zero-order valence-electron chi connectivity index (χ0n) is 20.9. The second-order valence-electron chi connectivity index (χ2n) is 8.43. The molecule has 0 saturated heterocycles. The number of hydrogen-bond acceptors (Lipinski definition) is 4. The quantitative estimate of drug-likeness (QED) is 0.105. The Balaban J connectivity index is 0. The van der Waals surface area contributed by atoms with Gasteiger partial charge in [0.25, 0.3) is 0 Å². The average Bonchev–Trinajstić information content (AvgIpc) is 2.74. The van der Waals surface area contributed by atoms with Gasteiger partial charge < -0.3 is 10.2 Å². The maximum Gasteiger partial charge on any atom is 0.433 e. The van der Waals surface area contributed by atoms with Crippen molar-refractivity contribution in [3.63, 3.8) is 0 Å². The topological polar surface area (TPSA) is 94.8 Å². The fourth-order valence-electron chi connectivity index (χ4n) is 3.99. The highest BCUT2D eigenvalue weighted by Crippen LogP contribution is 2.18. The molecule has 190 valence electrons. The molecule has 3 N–H and O–H groups in total. The van der Waals surface area contributed by atoms with Crippen LogP contribution in [-0.2, 0) is 10.3 Å². The lowest BCUT2D eigenvalue weighted by atomic mass is 10.0. The minimum absolute atomic E-state index is 0.0852. The SMILES string of the molecule is CC.CCCCCCCCCCCCCCCCCC[N+](CCO)(CCO)S(=O)(=O)O. The van der Waals surface area contributed by atoms with Crippen molar-refractivity contribution in [3.05, 3.63) is 0 Å². The monoisotopic (exact) mass is 468 g/mol. The predicted molar refractivity (Wildman–Crippen MR) is 131 cm³/mol. The first kappa shape index (κ1) is 33.0. The van der Waals surface area contributed by atoms with Crippen LogP contribution in [0, 0.1) is 0 Å². The largest absolute Gasteiger partial charge is 0.433 e. The molecular formula is C24H54NO5S+. The van der Waals surface area contributed by atoms with Crippen molar-refractivity contribution in [1.29, 1.82) is 0 Å². The molecule has 0 fully saturated rings. The van der Waals surface area contributed by atoms with Gasteiger partial charge in [-0.3, -0.25) is 0 Å². The molecule has 0 unspecified atom stereocenters. The Kier molecular flexibility index (Phi) is 24.4. The lowest BCUT2D eigenvalue weighted by Crippen LogP contribution is -2.56. The van der Waals surface area contributed by atoms with Gasteiger partial charge in [-0.15, -0.1) is 8.42 Å². The molecule has 0 aliphatic carbocycles. The molecule has 0 rings (SSSR count). The molecule has 0 saturated carbocycles. The minimum atomic E-state index is -4.35. The third-order valence-corrected chi connectivity index (χ3v) is 7.45. The number of aliphatic hydroxyl groups is 2. The number of unbranched alkanes of at least 4 members (excludes halogenated alkanes) is 15. The zero-order valence-corrected chi connectivity index (χ0v) is 21.7. The molecule has 0 bridgehead atoms. The third kappa shape index (κ3) is 18.0. The van der Waals surface area contributed by atoms with Crippen molar-refractivity contribution in [2.24, 2.45) is 0 Å². The van der Waals surface area contributed by atoms with Crippen LogP contribution in [0.15, 0.2) is 0 Å². The van der Waals surface area contributed by atoms with Crippen LogP contribution >= 0.6 is 0 Å². The Labute approximate surface area is 193 Å². The molecule has 0 aromatic carbocycles. The summed E-state index contributed by atoms with van der Waals surface area (Å²) in [6.07, 6.45) is 20.0. The smallest absolute Gasteiger partial charge is 0.390 e. The van der Waals surface area contributed by atoms with Crippen LogP contribution in [0.3, 0.4) is 0 Å². The van der Waals surface area contributed by atoms with E-state index >= 15 is 0 Å². The minimum Gasteiger partial charge on any atom is -0.390 e. The lowest BCUT2D eigenvalue weighted by molar-refractivity contribution is -0.812. The van der Waals surface area contributed by atoms with Crippen molar-refractivity contribution in [1.82, 2.24) is 0 Å². The molecule has 0 radical (unpaired) electrons. The molecule has 7 heteroatoms. The van der Waals surface area contributed by atoms with E-state index in [1.54, 1.807) is 0 Å². The molecule has 0 spiro atoms. The predicted octanol–water partition coefficient (Wildman–Crippen LogP) is 5.88. The van der Waals surface area contributed by atoms with E-state index in [9.17, 15) is 13.0 Å². The third-order valence-electron chi connectivity index (χ3n) is 5.92. The summed E-state index contributed by atoms with van der Waals surface area (Å²) in [5, 5.41) is 18.3. The highest BCUT2D eigenvalue weighted by atomic mass is 32.2. The number of nitrogens with zero attached hydrogens (tertiary/aromatic N) is 1. The van der Waals surface area contributed by atoms with E-state index in [1.165, 1.54) is 77.0 Å². The molecule has 0 amide bonds. The van der Waals surface area contributed by atoms with Crippen LogP contribution in [0.4, 0.5) is 0 Å². The summed E-state index contributed by atoms with van der Waals surface area (Å²) in [5.74, 6) is 0. The van der Waals surface area contributed by atoms with Crippen molar-refractivity contribution in [2.75, 3.05) is 32.8 Å². The fourth-order valence-corrected chi connectivity index (χ4v) is 4.98. The Hall–Kier alpha value is -0.210. The molecule has 0 aromatic heterocycles. The molecule has 0 heterocycles. The van der Waals surface area contributed by atoms with Crippen LogP contribution in [0.1, 0.15) is 124 Å². The molecule has 0 aromatic rings. The Morgan fingerprint density at radius 2 is 0.839 bits per heavy atom. The summed E-state index contributed by atoms with van der Waals surface area (Å²) >= 11 is 0. The van der Waals surface area contributed by atoms with Crippen molar-refractivity contribution in [3.8, 4) is 0 Å². The molecular weight excluding hydrogens is 414 g/mol. The summed E-state index contributed by atoms with van der Waals surface area (Å²) < 4.78 is 32.4. The second-order valence-corrected chi connectivity index (χ2v) is 10.1. The first-order valence-electron chi connectivity index (χ1n) is 13.0. The van der Waals surface area contributed by atoms with Gasteiger partial charge in [0, 0.05) is 0 Å². The van der Waals surface area contributed by atoms with Gasteiger partial charge in [0.15, 0.2) is 0 Å². The molecule has 0 aliphatic rings. The summed E-state index contributed by atoms with van der Waals surface area (Å²) in [5.41, 5.74) is 0. The number of aliphatic hydroxyl groups excluding tert-OH is 2. The van der Waals surface area contributed by atoms with E-state index in [0.29, 0.717) is 6.42 Å². The van der Waals surface area contributed by atoms with Gasteiger partial charge >= 0.3 is 10.3 Å². The van der Waals surface area contributed by atoms with Gasteiger partial charge in [-0.2, -0.15) is 3.89 Å². The molecule has 6 nitrogen and oxygen atoms in total. The van der Waals surface area contributed by atoms with Crippen molar-refractivity contribution in [2.45, 2.75) is 124 Å². The van der Waals surface area contributed by atoms with E-state index in [4.69, 9.17) is 10.2 Å². The van der Waals surface area contributed by atoms with E-state index in [-0.39, 0.29) is 32.8 Å². The second kappa shape index (κ2) is 23.0. The van der Waals surface area contributed by atoms with Crippen LogP contribution < -0.4 is 0 Å². The van der Waals surface area contributed by atoms with Crippen molar-refractivity contribution >= 4 is 10.3 Å². The summed E-state index contributed by atoms with van der Waals surface area (Å²) in [4.78, 5) is 0. The number of quaternary nitrogens is 1. The summed E-state index contributed by atoms with van der Waals surface area (Å²) in [6.45, 7) is 5.65. The van der Waals surface area contributed by atoms with Gasteiger partial charge in [-0.25, -0.2) is 4.55 Å². The summed E-state index contributed by atoms with van der Waals surface area (Å²) in [7, 11) is -4.35. The molecule has 0 atom stereocenters. The van der Waals surface area contributed by atoms with Crippen molar-refractivity contribution < 1.29 is 27.1 Å². The van der Waals surface area contributed by atoms with E-state index in [1.807, 2.05) is 13.8 Å². The Morgan fingerprint density at radius 3 is 1.10 bits per heavy atom. The molecule has 31 heavy (non-hydrogen) atoms. The van der Waals surface area contributed by atoms with E-state index in [0.717, 1.165) is 19.3 Å². The van der Waals surface area contributed by atoms with Gasteiger partial charge in [-0.1, -0.05) is 111 Å². The zero-order chi connectivity index (χ0) is 23.8. The standard InChI is InChI=1S/C22H47NO5S.C2H6/c1-2-3-4-5-6-7-8-9-10-11-12-13-14-15-16-17-18-23(19-21-24,20-22-25)29(26,27)28;1-2/h24-25H,2-22H2,1H3;1-2H3/p+1. The number of rotatable bonds is 22. The van der Waals surface area contributed by atoms with Crippen LogP contribution in [0.5, 0.6) is 0 Å². The first-order chi connectivity index (χ1) is 14.9. The number of hydrogen-bond donors (Lipinski definition) is 3. The maximum absolute atomic E-state index is 11.7. The maximum atomic E-state index is 11.7.